The Labute approximate surface area is 273 Å². The molecule has 1 aliphatic heterocycles. The molecule has 0 unspecified atom stereocenters. The van der Waals surface area contributed by atoms with Crippen molar-refractivity contribution < 1.29 is 50.0 Å². The number of aliphatic hydroxyl groups is 7. The Morgan fingerprint density at radius 1 is 0.913 bits per heavy atom. The molecule has 262 valence electrons. The van der Waals surface area contributed by atoms with Crippen molar-refractivity contribution in [1.29, 1.82) is 0 Å². The van der Waals surface area contributed by atoms with Crippen LogP contribution in [0.1, 0.15) is 92.9 Å². The van der Waals surface area contributed by atoms with E-state index in [2.05, 4.69) is 40.7 Å². The first-order chi connectivity index (χ1) is 21.5. The third-order valence-corrected chi connectivity index (χ3v) is 15.6. The van der Waals surface area contributed by atoms with Crippen molar-refractivity contribution in [2.24, 2.45) is 56.7 Å². The number of hydrogen-bond acceptors (Lipinski definition) is 10. The van der Waals surface area contributed by atoms with E-state index in [0.29, 0.717) is 25.2 Å². The van der Waals surface area contributed by atoms with Crippen molar-refractivity contribution >= 4 is 5.97 Å². The molecule has 10 heteroatoms. The van der Waals surface area contributed by atoms with Crippen molar-refractivity contribution in [2.45, 2.75) is 136 Å². The maximum absolute atomic E-state index is 14.4. The lowest BCUT2D eigenvalue weighted by atomic mass is 9.33. The van der Waals surface area contributed by atoms with E-state index < -0.39 is 66.3 Å². The van der Waals surface area contributed by atoms with Crippen LogP contribution < -0.4 is 0 Å². The Morgan fingerprint density at radius 2 is 1.61 bits per heavy atom. The summed E-state index contributed by atoms with van der Waals surface area (Å²) in [4.78, 5) is 14.4. The predicted octanol–water partition coefficient (Wildman–Crippen LogP) is 2.29. The molecule has 4 saturated carbocycles. The van der Waals surface area contributed by atoms with E-state index in [1.165, 1.54) is 5.57 Å². The van der Waals surface area contributed by atoms with Gasteiger partial charge in [-0.25, -0.2) is 0 Å². The first-order valence-corrected chi connectivity index (χ1v) is 17.7. The van der Waals surface area contributed by atoms with Crippen LogP contribution in [-0.2, 0) is 14.3 Å². The molecule has 0 bridgehead atoms. The second kappa shape index (κ2) is 11.5. The minimum atomic E-state index is -1.65. The number of rotatable bonds is 4. The van der Waals surface area contributed by atoms with E-state index in [4.69, 9.17) is 9.47 Å². The zero-order chi connectivity index (χ0) is 33.8. The quantitative estimate of drug-likeness (QED) is 0.177. The summed E-state index contributed by atoms with van der Waals surface area (Å²) in [6.07, 6.45) is -1.11. The van der Waals surface area contributed by atoms with Crippen molar-refractivity contribution in [1.82, 2.24) is 0 Å². The van der Waals surface area contributed by atoms with Gasteiger partial charge in [0.1, 0.15) is 24.4 Å². The lowest BCUT2D eigenvalue weighted by Crippen LogP contribution is -2.68. The van der Waals surface area contributed by atoms with Gasteiger partial charge in [-0.3, -0.25) is 4.79 Å². The number of fused-ring (bicyclic) bond motifs is 7. The van der Waals surface area contributed by atoms with E-state index in [-0.39, 0.29) is 46.5 Å². The molecule has 46 heavy (non-hydrogen) atoms. The molecule has 5 fully saturated rings. The number of esters is 1. The molecule has 17 atom stereocenters. The lowest BCUT2D eigenvalue weighted by Gasteiger charge is -2.71. The molecular weight excluding hydrogens is 592 g/mol. The van der Waals surface area contributed by atoms with Crippen molar-refractivity contribution in [3.8, 4) is 0 Å². The number of carbonyl (C=O) groups is 1. The fraction of sp³-hybridized carbons (Fsp3) is 0.917. The van der Waals surface area contributed by atoms with Gasteiger partial charge in [-0.15, -0.1) is 0 Å². The Morgan fingerprint density at radius 3 is 2.26 bits per heavy atom. The van der Waals surface area contributed by atoms with Crippen LogP contribution in [0, 0.1) is 56.7 Å². The first kappa shape index (κ1) is 34.7. The average molecular weight is 651 g/mol. The first-order valence-electron chi connectivity index (χ1n) is 17.7. The summed E-state index contributed by atoms with van der Waals surface area (Å²) in [6.45, 7) is 12.7. The van der Waals surface area contributed by atoms with Crippen molar-refractivity contribution in [3.05, 3.63) is 11.6 Å². The van der Waals surface area contributed by atoms with E-state index in [1.807, 2.05) is 6.92 Å². The van der Waals surface area contributed by atoms with Crippen LogP contribution in [0.25, 0.3) is 0 Å². The van der Waals surface area contributed by atoms with E-state index >= 15 is 0 Å². The fourth-order valence-electron chi connectivity index (χ4n) is 12.4. The van der Waals surface area contributed by atoms with Gasteiger partial charge in [-0.2, -0.15) is 0 Å². The summed E-state index contributed by atoms with van der Waals surface area (Å²) in [7, 11) is 0. The highest BCUT2D eigenvalue weighted by molar-refractivity contribution is 5.79. The average Bonchev–Trinajstić information content (AvgIpc) is 3.02. The highest BCUT2D eigenvalue weighted by atomic mass is 16.7. The second-order valence-corrected chi connectivity index (χ2v) is 17.3. The molecule has 5 aliphatic carbocycles. The van der Waals surface area contributed by atoms with Crippen LogP contribution in [0.15, 0.2) is 11.6 Å². The zero-order valence-electron chi connectivity index (χ0n) is 28.4. The fourth-order valence-corrected chi connectivity index (χ4v) is 12.4. The van der Waals surface area contributed by atoms with Gasteiger partial charge in [0, 0.05) is 5.41 Å². The molecule has 1 saturated heterocycles. The lowest BCUT2D eigenvalue weighted by molar-refractivity contribution is -0.297. The van der Waals surface area contributed by atoms with Crippen LogP contribution in [0.5, 0.6) is 0 Å². The molecule has 6 aliphatic rings. The number of aliphatic hydroxyl groups excluding tert-OH is 7. The minimum Gasteiger partial charge on any atom is -0.432 e. The number of allylic oxidation sites excluding steroid dienone is 2. The molecule has 0 aromatic carbocycles. The summed E-state index contributed by atoms with van der Waals surface area (Å²) in [5, 5.41) is 73.8. The van der Waals surface area contributed by atoms with E-state index in [1.54, 1.807) is 0 Å². The van der Waals surface area contributed by atoms with Gasteiger partial charge in [0.25, 0.3) is 0 Å². The number of ether oxygens (including phenoxy) is 2. The summed E-state index contributed by atoms with van der Waals surface area (Å²) in [5.41, 5.74) is -1.01. The molecule has 0 spiro atoms. The standard InChI is InChI=1S/C36H58O10/c1-18-9-12-36(31(44)46-30-28(42)27(41)26(40)22(16-37)45-30)14-13-34(5)20(25(36)19(18)2)7-8-24-32(3)15-21(39)29(43)33(4,17-38)23(32)10-11-35(24,34)6/h7,18-19,21-30,37-43H,8-17H2,1-6H3/t18-,19+,21-,22-,23-,24-,25+,26-,27+,28-,29-,30+,32+,33-,34-,35-,36+/m1/s1. The van der Waals surface area contributed by atoms with Crippen LogP contribution in [0.3, 0.4) is 0 Å². The molecular formula is C36H58O10. The Hall–Kier alpha value is -1.11. The van der Waals surface area contributed by atoms with E-state index in [9.17, 15) is 40.5 Å². The van der Waals surface area contributed by atoms with Crippen LogP contribution >= 0.6 is 0 Å². The van der Waals surface area contributed by atoms with Crippen LogP contribution in [-0.4, -0.2) is 97.8 Å². The monoisotopic (exact) mass is 650 g/mol. The summed E-state index contributed by atoms with van der Waals surface area (Å²) in [5.74, 6) is 0.265. The third kappa shape index (κ3) is 4.46. The molecule has 0 aromatic rings. The molecule has 0 amide bonds. The Kier molecular flexibility index (Phi) is 8.66. The summed E-state index contributed by atoms with van der Waals surface area (Å²) in [6, 6.07) is 0. The molecule has 0 radical (unpaired) electrons. The van der Waals surface area contributed by atoms with Gasteiger partial charge in [0.15, 0.2) is 0 Å². The zero-order valence-corrected chi connectivity index (χ0v) is 28.4. The maximum atomic E-state index is 14.4. The van der Waals surface area contributed by atoms with Gasteiger partial charge in [0.2, 0.25) is 6.29 Å². The topological polar surface area (TPSA) is 177 Å². The van der Waals surface area contributed by atoms with Gasteiger partial charge in [-0.05, 0) is 97.2 Å². The van der Waals surface area contributed by atoms with Gasteiger partial charge in [0.05, 0.1) is 30.8 Å². The molecule has 6 rings (SSSR count). The van der Waals surface area contributed by atoms with Crippen molar-refractivity contribution in [3.63, 3.8) is 0 Å². The normalized spacial score (nSPS) is 56.8. The predicted molar refractivity (Wildman–Crippen MR) is 168 cm³/mol. The number of carbonyl (C=O) groups excluding carboxylic acids is 1. The van der Waals surface area contributed by atoms with Gasteiger partial charge in [-0.1, -0.05) is 53.2 Å². The smallest absolute Gasteiger partial charge is 0.315 e. The molecule has 7 N–H and O–H groups in total. The highest BCUT2D eigenvalue weighted by Gasteiger charge is 2.71. The largest absolute Gasteiger partial charge is 0.432 e. The van der Waals surface area contributed by atoms with Gasteiger partial charge < -0.3 is 45.2 Å². The van der Waals surface area contributed by atoms with Crippen LogP contribution in [0.4, 0.5) is 0 Å². The summed E-state index contributed by atoms with van der Waals surface area (Å²) < 4.78 is 11.5. The molecule has 10 nitrogen and oxygen atoms in total. The molecule has 1 heterocycles. The van der Waals surface area contributed by atoms with E-state index in [0.717, 1.165) is 32.1 Å². The minimum absolute atomic E-state index is 0.0600. The summed E-state index contributed by atoms with van der Waals surface area (Å²) >= 11 is 0. The third-order valence-electron chi connectivity index (χ3n) is 15.6. The maximum Gasteiger partial charge on any atom is 0.315 e. The SMILES string of the molecule is C[C@H]1[C@H](C)CC[C@]2(C(=O)O[C@@H]3O[C@H](CO)[C@@H](O)[C@H](O)[C@H]3O)CC[C@]3(C)C(=CC[C@@H]4[C@@]5(C)C[C@@H](O)[C@@H](O)[C@](C)(CO)[C@@H]5CC[C@]43C)[C@H]12. The van der Waals surface area contributed by atoms with Crippen LogP contribution in [0.2, 0.25) is 0 Å². The number of hydrogen-bond donors (Lipinski definition) is 7. The second-order valence-electron chi connectivity index (χ2n) is 17.3. The highest BCUT2D eigenvalue weighted by Crippen LogP contribution is 2.75. The Balaban J connectivity index is 1.37. The Bertz CT molecular complexity index is 1220. The van der Waals surface area contributed by atoms with Crippen molar-refractivity contribution in [2.75, 3.05) is 13.2 Å². The van der Waals surface area contributed by atoms with Gasteiger partial charge >= 0.3 is 5.97 Å². The molecule has 0 aromatic heterocycles.